The molecule has 0 bridgehead atoms. The lowest BCUT2D eigenvalue weighted by atomic mass is 10.00. The van der Waals surface area contributed by atoms with E-state index in [1.807, 2.05) is 6.07 Å². The predicted octanol–water partition coefficient (Wildman–Crippen LogP) is 2.83. The van der Waals surface area contributed by atoms with E-state index in [-0.39, 0.29) is 11.9 Å². The van der Waals surface area contributed by atoms with Gasteiger partial charge in [0.1, 0.15) is 6.10 Å². The first-order chi connectivity index (χ1) is 8.69. The van der Waals surface area contributed by atoms with Crippen molar-refractivity contribution in [1.82, 2.24) is 0 Å². The van der Waals surface area contributed by atoms with Crippen LogP contribution in [0.4, 0.5) is 0 Å². The zero-order chi connectivity index (χ0) is 13.4. The Kier molecular flexibility index (Phi) is 6.61. The Hall–Kier alpha value is -1.19. The van der Waals surface area contributed by atoms with Crippen LogP contribution in [0.2, 0.25) is 0 Å². The van der Waals surface area contributed by atoms with E-state index in [9.17, 15) is 9.90 Å². The summed E-state index contributed by atoms with van der Waals surface area (Å²) in [5, 5.41) is 9.88. The summed E-state index contributed by atoms with van der Waals surface area (Å²) in [6.07, 6.45) is 2.37. The molecule has 1 aromatic rings. The van der Waals surface area contributed by atoms with E-state index in [2.05, 4.69) is 6.92 Å². The van der Waals surface area contributed by atoms with E-state index >= 15 is 0 Å². The molecule has 0 spiro atoms. The third kappa shape index (κ3) is 4.59. The van der Waals surface area contributed by atoms with E-state index in [1.54, 1.807) is 31.4 Å². The summed E-state index contributed by atoms with van der Waals surface area (Å²) in [5.74, 6) is -0.207. The fraction of sp³-hybridized carbons (Fsp3) is 0.533. The SMILES string of the molecule is CCCC(CCC(O)C(=O)c1ccccc1)OC. The number of carbonyl (C=O) groups excluding carboxylic acids is 1. The maximum atomic E-state index is 11.9. The van der Waals surface area contributed by atoms with E-state index in [1.165, 1.54) is 0 Å². The van der Waals surface area contributed by atoms with Crippen molar-refractivity contribution < 1.29 is 14.6 Å². The quantitative estimate of drug-likeness (QED) is 0.722. The molecular weight excluding hydrogens is 228 g/mol. The van der Waals surface area contributed by atoms with Crippen LogP contribution in [0.15, 0.2) is 30.3 Å². The van der Waals surface area contributed by atoms with Gasteiger partial charge in [0.25, 0.3) is 0 Å². The highest BCUT2D eigenvalue weighted by atomic mass is 16.5. The van der Waals surface area contributed by atoms with Gasteiger partial charge < -0.3 is 9.84 Å². The second-order valence-corrected chi connectivity index (χ2v) is 4.47. The predicted molar refractivity (Wildman–Crippen MR) is 71.7 cm³/mol. The van der Waals surface area contributed by atoms with Crippen molar-refractivity contribution in [3.05, 3.63) is 35.9 Å². The van der Waals surface area contributed by atoms with Gasteiger partial charge >= 0.3 is 0 Å². The fourth-order valence-electron chi connectivity index (χ4n) is 1.97. The number of Topliss-reactive ketones (excluding diaryl/α,β-unsaturated/α-hetero) is 1. The van der Waals surface area contributed by atoms with Gasteiger partial charge in [-0.15, -0.1) is 0 Å². The molecule has 0 radical (unpaired) electrons. The molecule has 2 atom stereocenters. The van der Waals surface area contributed by atoms with E-state index in [0.717, 1.165) is 12.8 Å². The smallest absolute Gasteiger partial charge is 0.191 e. The topological polar surface area (TPSA) is 46.5 Å². The molecule has 0 aromatic heterocycles. The summed E-state index contributed by atoms with van der Waals surface area (Å²) >= 11 is 0. The van der Waals surface area contributed by atoms with Crippen molar-refractivity contribution in [2.45, 2.75) is 44.8 Å². The highest BCUT2D eigenvalue weighted by Gasteiger charge is 2.18. The van der Waals surface area contributed by atoms with Gasteiger partial charge in [-0.25, -0.2) is 0 Å². The average molecular weight is 250 g/mol. The van der Waals surface area contributed by atoms with Gasteiger partial charge in [0.15, 0.2) is 5.78 Å². The Morgan fingerprint density at radius 2 is 1.89 bits per heavy atom. The molecule has 2 unspecified atom stereocenters. The summed E-state index contributed by atoms with van der Waals surface area (Å²) in [4.78, 5) is 11.9. The van der Waals surface area contributed by atoms with Crippen LogP contribution >= 0.6 is 0 Å². The third-order valence-corrected chi connectivity index (χ3v) is 3.07. The molecule has 0 fully saturated rings. The molecule has 1 aromatic carbocycles. The number of benzene rings is 1. The number of rotatable bonds is 8. The second-order valence-electron chi connectivity index (χ2n) is 4.47. The average Bonchev–Trinajstić information content (AvgIpc) is 2.43. The molecule has 3 nitrogen and oxygen atoms in total. The van der Waals surface area contributed by atoms with Crippen LogP contribution in [0.1, 0.15) is 43.0 Å². The molecule has 0 saturated heterocycles. The van der Waals surface area contributed by atoms with Crippen LogP contribution in [0.25, 0.3) is 0 Å². The van der Waals surface area contributed by atoms with Crippen LogP contribution in [0.3, 0.4) is 0 Å². The number of carbonyl (C=O) groups is 1. The van der Waals surface area contributed by atoms with Gasteiger partial charge in [-0.05, 0) is 19.3 Å². The zero-order valence-electron chi connectivity index (χ0n) is 11.1. The van der Waals surface area contributed by atoms with Crippen LogP contribution < -0.4 is 0 Å². The number of aliphatic hydroxyl groups excluding tert-OH is 1. The lowest BCUT2D eigenvalue weighted by Crippen LogP contribution is -2.23. The largest absolute Gasteiger partial charge is 0.385 e. The highest BCUT2D eigenvalue weighted by molar-refractivity contribution is 5.99. The van der Waals surface area contributed by atoms with Crippen molar-refractivity contribution in [3.8, 4) is 0 Å². The Morgan fingerprint density at radius 1 is 1.22 bits per heavy atom. The van der Waals surface area contributed by atoms with Gasteiger partial charge in [-0.3, -0.25) is 4.79 Å². The molecule has 0 heterocycles. The van der Waals surface area contributed by atoms with Gasteiger partial charge in [0.05, 0.1) is 6.10 Å². The molecule has 1 N–H and O–H groups in total. The maximum absolute atomic E-state index is 11.9. The third-order valence-electron chi connectivity index (χ3n) is 3.07. The number of methoxy groups -OCH3 is 1. The standard InChI is InChI=1S/C15H22O3/c1-3-7-13(18-2)10-11-14(16)15(17)12-8-5-4-6-9-12/h4-6,8-9,13-14,16H,3,7,10-11H2,1-2H3. The van der Waals surface area contributed by atoms with Crippen molar-refractivity contribution in [3.63, 3.8) is 0 Å². The van der Waals surface area contributed by atoms with E-state index < -0.39 is 6.10 Å². The van der Waals surface area contributed by atoms with Gasteiger partial charge in [-0.1, -0.05) is 43.7 Å². The maximum Gasteiger partial charge on any atom is 0.191 e. The lowest BCUT2D eigenvalue weighted by molar-refractivity contribution is 0.0563. The van der Waals surface area contributed by atoms with Crippen molar-refractivity contribution in [1.29, 1.82) is 0 Å². The molecule has 0 saturated carbocycles. The van der Waals surface area contributed by atoms with Crippen LogP contribution in [-0.4, -0.2) is 30.2 Å². The minimum absolute atomic E-state index is 0.133. The molecule has 3 heteroatoms. The number of hydrogen-bond donors (Lipinski definition) is 1. The minimum Gasteiger partial charge on any atom is -0.385 e. The van der Waals surface area contributed by atoms with Gasteiger partial charge in [-0.2, -0.15) is 0 Å². The summed E-state index contributed by atoms with van der Waals surface area (Å²) in [5.41, 5.74) is 0.564. The molecule has 0 aliphatic heterocycles. The summed E-state index contributed by atoms with van der Waals surface area (Å²) < 4.78 is 5.30. The number of ketones is 1. The van der Waals surface area contributed by atoms with Gasteiger partial charge in [0, 0.05) is 12.7 Å². The van der Waals surface area contributed by atoms with Crippen molar-refractivity contribution in [2.24, 2.45) is 0 Å². The Morgan fingerprint density at radius 3 is 2.44 bits per heavy atom. The van der Waals surface area contributed by atoms with Crippen molar-refractivity contribution >= 4 is 5.78 Å². The molecule has 100 valence electrons. The second kappa shape index (κ2) is 8.01. The zero-order valence-corrected chi connectivity index (χ0v) is 11.1. The summed E-state index contributed by atoms with van der Waals surface area (Å²) in [6, 6.07) is 8.91. The molecule has 18 heavy (non-hydrogen) atoms. The normalized spacial score (nSPS) is 14.2. The molecule has 0 aliphatic rings. The Labute approximate surface area is 109 Å². The summed E-state index contributed by atoms with van der Waals surface area (Å²) in [6.45, 7) is 2.09. The lowest BCUT2D eigenvalue weighted by Gasteiger charge is -2.16. The summed E-state index contributed by atoms with van der Waals surface area (Å²) in [7, 11) is 1.67. The van der Waals surface area contributed by atoms with Crippen LogP contribution in [-0.2, 0) is 4.74 Å². The van der Waals surface area contributed by atoms with E-state index in [4.69, 9.17) is 4.74 Å². The van der Waals surface area contributed by atoms with Crippen LogP contribution in [0, 0.1) is 0 Å². The first kappa shape index (κ1) is 14.9. The first-order valence-electron chi connectivity index (χ1n) is 6.49. The molecule has 0 amide bonds. The monoisotopic (exact) mass is 250 g/mol. The van der Waals surface area contributed by atoms with E-state index in [0.29, 0.717) is 18.4 Å². The van der Waals surface area contributed by atoms with Crippen molar-refractivity contribution in [2.75, 3.05) is 7.11 Å². The first-order valence-corrected chi connectivity index (χ1v) is 6.49. The molecule has 1 rings (SSSR count). The number of aliphatic hydroxyl groups is 1. The Balaban J connectivity index is 2.45. The highest BCUT2D eigenvalue weighted by Crippen LogP contribution is 2.13. The molecular formula is C15H22O3. The fourth-order valence-corrected chi connectivity index (χ4v) is 1.97. The van der Waals surface area contributed by atoms with Gasteiger partial charge in [0.2, 0.25) is 0 Å². The van der Waals surface area contributed by atoms with Crippen LogP contribution in [0.5, 0.6) is 0 Å². The number of hydrogen-bond acceptors (Lipinski definition) is 3. The number of ether oxygens (including phenoxy) is 1. The Bertz CT molecular complexity index is 348. The minimum atomic E-state index is -0.929. The molecule has 0 aliphatic carbocycles.